The highest BCUT2D eigenvalue weighted by atomic mass is 16.5. The fourth-order valence-corrected chi connectivity index (χ4v) is 1.88. The molecule has 0 aliphatic carbocycles. The first-order chi connectivity index (χ1) is 9.19. The van der Waals surface area contributed by atoms with Crippen LogP contribution < -0.4 is 10.1 Å². The monoisotopic (exact) mass is 279 g/mol. The van der Waals surface area contributed by atoms with Crippen molar-refractivity contribution >= 4 is 11.9 Å². The second-order valence-corrected chi connectivity index (χ2v) is 5.52. The molecule has 0 unspecified atom stereocenters. The second kappa shape index (κ2) is 5.94. The van der Waals surface area contributed by atoms with Crippen LogP contribution in [0.4, 0.5) is 0 Å². The van der Waals surface area contributed by atoms with Crippen molar-refractivity contribution in [2.45, 2.75) is 27.7 Å². The molecule has 0 saturated carbocycles. The summed E-state index contributed by atoms with van der Waals surface area (Å²) in [5, 5.41) is 11.7. The summed E-state index contributed by atoms with van der Waals surface area (Å²) in [6, 6.07) is 3.46. The summed E-state index contributed by atoms with van der Waals surface area (Å²) in [6.07, 6.45) is 0. The first kappa shape index (κ1) is 16.0. The van der Waals surface area contributed by atoms with Crippen molar-refractivity contribution in [3.05, 3.63) is 28.8 Å². The molecule has 0 spiro atoms. The first-order valence-corrected chi connectivity index (χ1v) is 6.36. The van der Waals surface area contributed by atoms with Crippen molar-refractivity contribution in [3.63, 3.8) is 0 Å². The Morgan fingerprint density at radius 1 is 1.25 bits per heavy atom. The van der Waals surface area contributed by atoms with Gasteiger partial charge in [0, 0.05) is 12.1 Å². The van der Waals surface area contributed by atoms with Gasteiger partial charge in [-0.05, 0) is 51.0 Å². The van der Waals surface area contributed by atoms with E-state index >= 15 is 0 Å². The van der Waals surface area contributed by atoms with Crippen molar-refractivity contribution in [3.8, 4) is 5.75 Å². The number of carbonyl (C=O) groups is 2. The van der Waals surface area contributed by atoms with E-state index in [0.29, 0.717) is 5.56 Å². The molecule has 110 valence electrons. The Bertz CT molecular complexity index is 512. The standard InChI is InChI=1S/C15H21NO4/c1-9-6-11(7-10(2)12(9)20-5)13(17)16-8-15(3,4)14(18)19/h6-7H,8H2,1-5H3,(H,16,17)(H,18,19). The van der Waals surface area contributed by atoms with E-state index in [1.807, 2.05) is 13.8 Å². The Balaban J connectivity index is 2.87. The van der Waals surface area contributed by atoms with Gasteiger partial charge in [-0.15, -0.1) is 0 Å². The van der Waals surface area contributed by atoms with Crippen LogP contribution in [0.25, 0.3) is 0 Å². The van der Waals surface area contributed by atoms with E-state index in [1.54, 1.807) is 33.1 Å². The molecule has 0 radical (unpaired) electrons. The van der Waals surface area contributed by atoms with Gasteiger partial charge in [-0.2, -0.15) is 0 Å². The fourth-order valence-electron chi connectivity index (χ4n) is 1.88. The van der Waals surface area contributed by atoms with Crippen LogP contribution >= 0.6 is 0 Å². The minimum atomic E-state index is -0.994. The molecule has 0 bridgehead atoms. The van der Waals surface area contributed by atoms with Crippen molar-refractivity contribution in [1.82, 2.24) is 5.32 Å². The van der Waals surface area contributed by atoms with Gasteiger partial charge in [-0.1, -0.05) is 0 Å². The molecule has 0 aliphatic rings. The van der Waals surface area contributed by atoms with Crippen LogP contribution in [-0.4, -0.2) is 30.6 Å². The molecule has 5 heteroatoms. The Labute approximate surface area is 118 Å². The number of carboxylic acids is 1. The summed E-state index contributed by atoms with van der Waals surface area (Å²) in [5.74, 6) is -0.472. The van der Waals surface area contributed by atoms with Gasteiger partial charge in [0.15, 0.2) is 0 Å². The molecule has 5 nitrogen and oxygen atoms in total. The second-order valence-electron chi connectivity index (χ2n) is 5.52. The highest BCUT2D eigenvalue weighted by molar-refractivity contribution is 5.95. The molecular formula is C15H21NO4. The van der Waals surface area contributed by atoms with Gasteiger partial charge in [0.25, 0.3) is 5.91 Å². The lowest BCUT2D eigenvalue weighted by Gasteiger charge is -2.19. The number of aliphatic carboxylic acids is 1. The summed E-state index contributed by atoms with van der Waals surface area (Å²) in [7, 11) is 1.59. The maximum absolute atomic E-state index is 12.1. The molecule has 0 aliphatic heterocycles. The lowest BCUT2D eigenvalue weighted by atomic mass is 9.93. The molecule has 1 rings (SSSR count). The molecule has 0 fully saturated rings. The maximum Gasteiger partial charge on any atom is 0.310 e. The summed E-state index contributed by atoms with van der Waals surface area (Å²) in [4.78, 5) is 23.1. The number of aryl methyl sites for hydroxylation is 2. The van der Waals surface area contributed by atoms with Crippen LogP contribution in [-0.2, 0) is 4.79 Å². The molecule has 20 heavy (non-hydrogen) atoms. The van der Waals surface area contributed by atoms with E-state index in [1.165, 1.54) is 0 Å². The SMILES string of the molecule is COc1c(C)cc(C(=O)NCC(C)(C)C(=O)O)cc1C. The number of rotatable bonds is 5. The third kappa shape index (κ3) is 3.50. The Kier molecular flexibility index (Phi) is 4.76. The maximum atomic E-state index is 12.1. The molecular weight excluding hydrogens is 258 g/mol. The van der Waals surface area contributed by atoms with E-state index in [2.05, 4.69) is 5.32 Å². The lowest BCUT2D eigenvalue weighted by Crippen LogP contribution is -2.38. The third-order valence-corrected chi connectivity index (χ3v) is 3.20. The Morgan fingerprint density at radius 2 is 1.75 bits per heavy atom. The van der Waals surface area contributed by atoms with Gasteiger partial charge in [0.2, 0.25) is 0 Å². The van der Waals surface area contributed by atoms with Crippen molar-refractivity contribution in [2.75, 3.05) is 13.7 Å². The zero-order valence-electron chi connectivity index (χ0n) is 12.5. The predicted molar refractivity (Wildman–Crippen MR) is 76.2 cm³/mol. The summed E-state index contributed by atoms with van der Waals surface area (Å²) in [6.45, 7) is 6.94. The highest BCUT2D eigenvalue weighted by Crippen LogP contribution is 2.24. The van der Waals surface area contributed by atoms with Crippen LogP contribution in [0.15, 0.2) is 12.1 Å². The number of benzene rings is 1. The minimum Gasteiger partial charge on any atom is -0.496 e. The number of amides is 1. The van der Waals surface area contributed by atoms with Crippen molar-refractivity contribution in [1.29, 1.82) is 0 Å². The van der Waals surface area contributed by atoms with Gasteiger partial charge in [0.1, 0.15) is 5.75 Å². The fraction of sp³-hybridized carbons (Fsp3) is 0.467. The quantitative estimate of drug-likeness (QED) is 0.866. The zero-order valence-corrected chi connectivity index (χ0v) is 12.5. The molecule has 1 aromatic carbocycles. The van der Waals surface area contributed by atoms with E-state index in [0.717, 1.165) is 16.9 Å². The van der Waals surface area contributed by atoms with Crippen molar-refractivity contribution in [2.24, 2.45) is 5.41 Å². The molecule has 1 aromatic rings. The molecule has 0 aromatic heterocycles. The molecule has 0 atom stereocenters. The molecule has 1 amide bonds. The van der Waals surface area contributed by atoms with E-state index in [4.69, 9.17) is 9.84 Å². The number of methoxy groups -OCH3 is 1. The van der Waals surface area contributed by atoms with Crippen molar-refractivity contribution < 1.29 is 19.4 Å². The largest absolute Gasteiger partial charge is 0.496 e. The number of ether oxygens (including phenoxy) is 1. The smallest absolute Gasteiger partial charge is 0.310 e. The van der Waals surface area contributed by atoms with E-state index in [9.17, 15) is 9.59 Å². The average molecular weight is 279 g/mol. The molecule has 0 saturated heterocycles. The normalized spacial score (nSPS) is 11.1. The predicted octanol–water partition coefficient (Wildman–Crippen LogP) is 2.15. The summed E-state index contributed by atoms with van der Waals surface area (Å²) < 4.78 is 5.25. The number of carboxylic acid groups (broad SMARTS) is 1. The van der Waals surface area contributed by atoms with Gasteiger partial charge >= 0.3 is 5.97 Å². The Hall–Kier alpha value is -2.04. The number of hydrogen-bond donors (Lipinski definition) is 2. The molecule has 0 heterocycles. The lowest BCUT2D eigenvalue weighted by molar-refractivity contribution is -0.146. The van der Waals surface area contributed by atoms with Gasteiger partial charge in [0.05, 0.1) is 12.5 Å². The summed E-state index contributed by atoms with van der Waals surface area (Å²) in [5.41, 5.74) is 1.25. The topological polar surface area (TPSA) is 75.6 Å². The van der Waals surface area contributed by atoms with Gasteiger partial charge < -0.3 is 15.2 Å². The van der Waals surface area contributed by atoms with Crippen LogP contribution in [0.2, 0.25) is 0 Å². The highest BCUT2D eigenvalue weighted by Gasteiger charge is 2.27. The van der Waals surface area contributed by atoms with Crippen LogP contribution in [0, 0.1) is 19.3 Å². The number of carbonyl (C=O) groups excluding carboxylic acids is 1. The average Bonchev–Trinajstić information content (AvgIpc) is 2.35. The zero-order chi connectivity index (χ0) is 15.5. The minimum absolute atomic E-state index is 0.0747. The third-order valence-electron chi connectivity index (χ3n) is 3.20. The first-order valence-electron chi connectivity index (χ1n) is 6.36. The Morgan fingerprint density at radius 3 is 2.15 bits per heavy atom. The molecule has 2 N–H and O–H groups in total. The van der Waals surface area contributed by atoms with E-state index < -0.39 is 11.4 Å². The van der Waals surface area contributed by atoms with E-state index in [-0.39, 0.29) is 12.5 Å². The number of nitrogens with one attached hydrogen (secondary N) is 1. The van der Waals surface area contributed by atoms with Crippen LogP contribution in [0.5, 0.6) is 5.75 Å². The van der Waals surface area contributed by atoms with Gasteiger partial charge in [-0.3, -0.25) is 9.59 Å². The van der Waals surface area contributed by atoms with Gasteiger partial charge in [-0.25, -0.2) is 0 Å². The van der Waals surface area contributed by atoms with Crippen LogP contribution in [0.1, 0.15) is 35.3 Å². The number of hydrogen-bond acceptors (Lipinski definition) is 3. The van der Waals surface area contributed by atoms with Crippen LogP contribution in [0.3, 0.4) is 0 Å². The summed E-state index contributed by atoms with van der Waals surface area (Å²) >= 11 is 0.